The number of pyridine rings is 4. The predicted molar refractivity (Wildman–Crippen MR) is 592 cm³/mol. The zero-order valence-electron chi connectivity index (χ0n) is 73.8. The SMILES string of the molecule is c1ccc2c(c1)nc1c3c(ccc4oc5ccccc5c43)c3cc4c(cc3n21)sc1ccccc14.c1ccc2c(c1)nc1c3c(ccc4oc5ccccc5c43)c3cc4sc5ccccc5c4cc3n21.c1ccc2c(c1)nc1c3cc4c(cc3c3cc5c(cc3n21)sc1ccccc15)oc1ccccc14.c1ccc2c(c1)nc1c3ccc4c5ccccc5oc4c3c3ccc4sc5ccccc5c4c3n21. The number of para-hydroxylation sites is 12. The lowest BCUT2D eigenvalue weighted by molar-refractivity contribution is 0.669. The summed E-state index contributed by atoms with van der Waals surface area (Å²) in [7, 11) is 0. The van der Waals surface area contributed by atoms with Crippen molar-refractivity contribution < 1.29 is 17.7 Å². The Balaban J connectivity index is 0.0000000829. The standard InChI is InChI=1S/4C31H16N2OS/c1-5-11-25-19(8-1)29-26(34-25)14-13-18-20-16-28-21(17-7-2-6-12-27(17)35-28)15-24(20)33-23-10-4-3-9-22(23)32-31(33)30(18)29;1-5-11-25-19(8-1)29-26(34-25)14-13-18-20-15-21-17-7-2-6-12-27(17)35-28(21)16-24(20)33-23-10-4-3-9-22(23)32-31(33)30(18)29;1-5-11-27-17(7-1)21-14-23-19(15-28(21)34-27)20-13-22-18-8-2-6-12-29(18)35-30(22)16-26(20)33-25-10-4-3-9-24(25)32-31(23)33;1-5-11-24-17(7-1)18-13-14-21-27(30(18)34-24)20-15-16-26-28(19-8-2-6-12-25(19)35-26)29(20)33-23-10-4-3-9-22(23)32-31(21)33/h4*1-16H. The van der Waals surface area contributed by atoms with Crippen molar-refractivity contribution in [3.8, 4) is 0 Å². The van der Waals surface area contributed by atoms with Crippen LogP contribution in [0.25, 0.3) is 322 Å². The number of hydrogen-bond donors (Lipinski definition) is 0. The van der Waals surface area contributed by atoms with Gasteiger partial charge in [0.25, 0.3) is 0 Å². The number of hydrogen-bond acceptors (Lipinski definition) is 12. The lowest BCUT2D eigenvalue weighted by Crippen LogP contribution is -1.92. The molecule has 36 aromatic rings. The second-order valence-electron chi connectivity index (χ2n) is 36.7. The summed E-state index contributed by atoms with van der Waals surface area (Å²) >= 11 is 7.42. The Morgan fingerprint density at radius 2 is 0.514 bits per heavy atom. The van der Waals surface area contributed by atoms with Gasteiger partial charge in [0.2, 0.25) is 0 Å². The lowest BCUT2D eigenvalue weighted by Gasteiger charge is -2.11. The molecule has 36 rings (SSSR count). The average molecular weight is 1860 g/mol. The number of fused-ring (bicyclic) bond motifs is 60. The highest BCUT2D eigenvalue weighted by Crippen LogP contribution is 2.52. The molecule has 12 nitrogen and oxygen atoms in total. The van der Waals surface area contributed by atoms with Crippen LogP contribution < -0.4 is 0 Å². The van der Waals surface area contributed by atoms with Crippen LogP contribution in [0.15, 0.2) is 406 Å². The first-order chi connectivity index (χ1) is 69.4. The molecule has 0 unspecified atom stereocenters. The molecule has 0 amide bonds. The Morgan fingerprint density at radius 1 is 0.157 bits per heavy atom. The van der Waals surface area contributed by atoms with Crippen LogP contribution in [0, 0.1) is 0 Å². The first kappa shape index (κ1) is 75.6. The van der Waals surface area contributed by atoms with Gasteiger partial charge in [-0.3, -0.25) is 17.6 Å². The van der Waals surface area contributed by atoms with Gasteiger partial charge in [-0.15, -0.1) is 45.3 Å². The molecule has 0 saturated carbocycles. The third-order valence-electron chi connectivity index (χ3n) is 29.4. The summed E-state index contributed by atoms with van der Waals surface area (Å²) in [5.74, 6) is 0. The van der Waals surface area contributed by atoms with E-state index in [1.165, 1.54) is 140 Å². The average Bonchev–Trinajstić information content (AvgIpc) is 1.54. The van der Waals surface area contributed by atoms with Crippen LogP contribution in [0.2, 0.25) is 0 Å². The molecule has 0 saturated heterocycles. The summed E-state index contributed by atoms with van der Waals surface area (Å²) in [5.41, 5.74) is 24.5. The Hall–Kier alpha value is -17.6. The molecule has 16 aromatic heterocycles. The van der Waals surface area contributed by atoms with Crippen LogP contribution in [0.5, 0.6) is 0 Å². The minimum atomic E-state index is 0.897. The van der Waals surface area contributed by atoms with Gasteiger partial charge in [-0.2, -0.15) is 0 Å². The van der Waals surface area contributed by atoms with E-state index in [-0.39, 0.29) is 0 Å². The molecule has 0 bridgehead atoms. The summed E-state index contributed by atoms with van der Waals surface area (Å²) < 4.78 is 45.2. The second kappa shape index (κ2) is 28.0. The molecule has 0 aliphatic heterocycles. The van der Waals surface area contributed by atoms with Crippen molar-refractivity contribution in [2.45, 2.75) is 0 Å². The summed E-state index contributed by atoms with van der Waals surface area (Å²) in [6.07, 6.45) is 0. The van der Waals surface area contributed by atoms with Crippen molar-refractivity contribution >= 4 is 367 Å². The van der Waals surface area contributed by atoms with E-state index in [4.69, 9.17) is 37.6 Å². The van der Waals surface area contributed by atoms with Crippen LogP contribution in [0.3, 0.4) is 0 Å². The fourth-order valence-electron chi connectivity index (χ4n) is 23.4. The normalized spacial score (nSPS) is 12.6. The quantitative estimate of drug-likeness (QED) is 0.138. The fourth-order valence-corrected chi connectivity index (χ4v) is 27.9. The monoisotopic (exact) mass is 1860 g/mol. The topological polar surface area (TPSA) is 122 Å². The Kier molecular flexibility index (Phi) is 15.2. The zero-order chi connectivity index (χ0) is 90.7. The van der Waals surface area contributed by atoms with E-state index in [1.807, 2.05) is 87.8 Å². The van der Waals surface area contributed by atoms with Gasteiger partial charge in [0, 0.05) is 172 Å². The van der Waals surface area contributed by atoms with Gasteiger partial charge in [0.15, 0.2) is 0 Å². The maximum atomic E-state index is 6.54. The van der Waals surface area contributed by atoms with Crippen molar-refractivity contribution in [2.75, 3.05) is 0 Å². The predicted octanol–water partition coefficient (Wildman–Crippen LogP) is 36.2. The van der Waals surface area contributed by atoms with Crippen molar-refractivity contribution in [2.24, 2.45) is 0 Å². The van der Waals surface area contributed by atoms with Gasteiger partial charge in [-0.05, 0) is 204 Å². The van der Waals surface area contributed by atoms with Gasteiger partial charge in [-0.1, -0.05) is 200 Å². The Labute approximate surface area is 804 Å². The highest BCUT2D eigenvalue weighted by Gasteiger charge is 2.28. The molecule has 0 aliphatic rings. The molecule has 0 aliphatic carbocycles. The lowest BCUT2D eigenvalue weighted by atomic mass is 9.99. The maximum Gasteiger partial charge on any atom is 0.147 e. The summed E-state index contributed by atoms with van der Waals surface area (Å²) in [6, 6.07) is 138. The minimum absolute atomic E-state index is 0.897. The van der Waals surface area contributed by atoms with E-state index in [9.17, 15) is 0 Å². The maximum absolute atomic E-state index is 6.54. The highest BCUT2D eigenvalue weighted by molar-refractivity contribution is 7.27. The molecule has 0 N–H and O–H groups in total. The molecule has 140 heavy (non-hydrogen) atoms. The Morgan fingerprint density at radius 3 is 1.06 bits per heavy atom. The molecule has 0 fully saturated rings. The fraction of sp³-hybridized carbons (Fsp3) is 0. The first-order valence-corrected chi connectivity index (χ1v) is 50.2. The zero-order valence-corrected chi connectivity index (χ0v) is 77.1. The molecule has 20 aromatic carbocycles. The molecular weight excluding hydrogens is 1790 g/mol. The molecule has 0 spiro atoms. The molecule has 0 atom stereocenters. The number of thiophene rings is 4. The number of furan rings is 4. The molecule has 16 heterocycles. The number of rotatable bonds is 0. The Bertz CT molecular complexity index is 12000. The van der Waals surface area contributed by atoms with Crippen molar-refractivity contribution in [1.82, 2.24) is 37.5 Å². The van der Waals surface area contributed by atoms with Crippen LogP contribution >= 0.6 is 45.3 Å². The van der Waals surface area contributed by atoms with Crippen molar-refractivity contribution in [3.63, 3.8) is 0 Å². The smallest absolute Gasteiger partial charge is 0.147 e. The molecule has 648 valence electrons. The highest BCUT2D eigenvalue weighted by atomic mass is 32.1. The number of nitrogens with zero attached hydrogens (tertiary/aromatic N) is 8. The summed E-state index contributed by atoms with van der Waals surface area (Å²) in [5, 5.41) is 33.6. The summed E-state index contributed by atoms with van der Waals surface area (Å²) in [4.78, 5) is 20.6. The number of aromatic nitrogens is 8. The van der Waals surface area contributed by atoms with Crippen LogP contribution in [0.4, 0.5) is 0 Å². The van der Waals surface area contributed by atoms with E-state index in [1.54, 1.807) is 0 Å². The minimum Gasteiger partial charge on any atom is -0.456 e. The van der Waals surface area contributed by atoms with Gasteiger partial charge >= 0.3 is 0 Å². The first-order valence-electron chi connectivity index (χ1n) is 46.9. The van der Waals surface area contributed by atoms with E-state index >= 15 is 0 Å². The van der Waals surface area contributed by atoms with Gasteiger partial charge in [0.05, 0.1) is 66.2 Å². The van der Waals surface area contributed by atoms with Crippen molar-refractivity contribution in [3.05, 3.63) is 388 Å². The van der Waals surface area contributed by atoms with E-state index in [0.29, 0.717) is 0 Å². The summed E-state index contributed by atoms with van der Waals surface area (Å²) in [6.45, 7) is 0. The van der Waals surface area contributed by atoms with Gasteiger partial charge in [-0.25, -0.2) is 19.9 Å². The van der Waals surface area contributed by atoms with Gasteiger partial charge < -0.3 is 17.7 Å². The van der Waals surface area contributed by atoms with E-state index < -0.39 is 0 Å². The largest absolute Gasteiger partial charge is 0.456 e. The second-order valence-corrected chi connectivity index (χ2v) is 41.1. The third kappa shape index (κ3) is 10.4. The number of imidazole rings is 4. The van der Waals surface area contributed by atoms with Crippen LogP contribution in [-0.4, -0.2) is 37.5 Å². The van der Waals surface area contributed by atoms with Crippen LogP contribution in [0.1, 0.15) is 0 Å². The van der Waals surface area contributed by atoms with E-state index in [0.717, 1.165) is 181 Å². The molecule has 16 heteroatoms. The number of benzene rings is 20. The third-order valence-corrected chi connectivity index (χ3v) is 33.9. The van der Waals surface area contributed by atoms with E-state index in [2.05, 4.69) is 363 Å². The van der Waals surface area contributed by atoms with Gasteiger partial charge in [0.1, 0.15) is 67.3 Å². The van der Waals surface area contributed by atoms with Crippen LogP contribution in [-0.2, 0) is 0 Å². The van der Waals surface area contributed by atoms with Crippen molar-refractivity contribution in [1.29, 1.82) is 0 Å². The molecule has 0 radical (unpaired) electrons. The molecular formula is C124H64N8O4S4.